The van der Waals surface area contributed by atoms with E-state index in [1.54, 1.807) is 6.20 Å². The van der Waals surface area contributed by atoms with Gasteiger partial charge in [-0.25, -0.2) is 4.98 Å². The van der Waals surface area contributed by atoms with Crippen molar-refractivity contribution in [3.63, 3.8) is 0 Å². The molecule has 8 heteroatoms. The van der Waals surface area contributed by atoms with Gasteiger partial charge in [-0.1, -0.05) is 57.4 Å². The molecule has 6 nitrogen and oxygen atoms in total. The van der Waals surface area contributed by atoms with Crippen molar-refractivity contribution < 1.29 is 9.21 Å². The predicted molar refractivity (Wildman–Crippen MR) is 148 cm³/mol. The fourth-order valence-corrected chi connectivity index (χ4v) is 4.61. The van der Waals surface area contributed by atoms with E-state index in [9.17, 15) is 4.79 Å². The highest BCUT2D eigenvalue weighted by atomic mass is 35.5. The first-order valence-electron chi connectivity index (χ1n) is 12.5. The minimum Gasteiger partial charge on any atom is -0.436 e. The number of rotatable bonds is 11. The smallest absolute Gasteiger partial charge is 0.231 e. The fourth-order valence-electron chi connectivity index (χ4n) is 4.30. The number of oxazole rings is 1. The largest absolute Gasteiger partial charge is 0.436 e. The number of aryl methyl sites for hydroxylation is 1. The Labute approximate surface area is 221 Å². The second kappa shape index (κ2) is 11.9. The summed E-state index contributed by atoms with van der Waals surface area (Å²) in [5.41, 5.74) is 7.08. The van der Waals surface area contributed by atoms with Gasteiger partial charge in [0.05, 0.1) is 17.5 Å². The lowest BCUT2D eigenvalue weighted by Crippen LogP contribution is -2.11. The van der Waals surface area contributed by atoms with Crippen molar-refractivity contribution in [2.45, 2.75) is 70.1 Å². The molecule has 1 amide bonds. The molecule has 0 saturated carbocycles. The van der Waals surface area contributed by atoms with E-state index in [-0.39, 0.29) is 10.7 Å². The lowest BCUT2D eigenvalue weighted by atomic mass is 10.0. The summed E-state index contributed by atoms with van der Waals surface area (Å²) in [6.45, 7) is 6.33. The van der Waals surface area contributed by atoms with Gasteiger partial charge in [0, 0.05) is 17.7 Å². The Kier molecular flexibility index (Phi) is 8.70. The summed E-state index contributed by atoms with van der Waals surface area (Å²) in [7, 11) is 0. The van der Waals surface area contributed by atoms with Crippen LogP contribution in [0.5, 0.6) is 0 Å². The molecule has 0 saturated heterocycles. The lowest BCUT2D eigenvalue weighted by Gasteiger charge is -2.08. The van der Waals surface area contributed by atoms with Gasteiger partial charge in [-0.3, -0.25) is 9.89 Å². The van der Waals surface area contributed by atoms with Crippen LogP contribution >= 0.6 is 23.2 Å². The van der Waals surface area contributed by atoms with Crippen LogP contribution in [0.2, 0.25) is 0 Å². The minimum absolute atomic E-state index is 0.000174. The normalized spacial score (nSPS) is 11.6. The summed E-state index contributed by atoms with van der Waals surface area (Å²) >= 11 is 11.5. The third-order valence-corrected chi connectivity index (χ3v) is 6.72. The van der Waals surface area contributed by atoms with E-state index in [2.05, 4.69) is 41.5 Å². The zero-order chi connectivity index (χ0) is 25.7. The summed E-state index contributed by atoms with van der Waals surface area (Å²) in [4.78, 5) is 17.0. The van der Waals surface area contributed by atoms with E-state index in [1.165, 1.54) is 0 Å². The average molecular weight is 527 g/mol. The molecule has 190 valence electrons. The molecule has 36 heavy (non-hydrogen) atoms. The van der Waals surface area contributed by atoms with Gasteiger partial charge in [0.15, 0.2) is 5.58 Å². The van der Waals surface area contributed by atoms with E-state index in [1.807, 2.05) is 31.2 Å². The van der Waals surface area contributed by atoms with E-state index < -0.39 is 0 Å². The van der Waals surface area contributed by atoms with Crippen LogP contribution in [0, 0.1) is 6.92 Å². The number of hydrogen-bond acceptors (Lipinski definition) is 4. The van der Waals surface area contributed by atoms with Crippen molar-refractivity contribution in [2.75, 3.05) is 5.32 Å². The van der Waals surface area contributed by atoms with Crippen LogP contribution in [0.4, 0.5) is 5.69 Å². The van der Waals surface area contributed by atoms with Crippen molar-refractivity contribution in [3.05, 3.63) is 53.7 Å². The van der Waals surface area contributed by atoms with E-state index in [0.29, 0.717) is 18.2 Å². The fraction of sp³-hybridized carbons (Fsp3) is 0.393. The number of nitrogens with one attached hydrogen (secondary N) is 2. The molecule has 0 aliphatic carbocycles. The number of aromatic nitrogens is 3. The van der Waals surface area contributed by atoms with Crippen LogP contribution in [0.3, 0.4) is 0 Å². The van der Waals surface area contributed by atoms with Gasteiger partial charge in [0.1, 0.15) is 10.4 Å². The minimum atomic E-state index is -0.305. The number of aromatic amines is 1. The number of unbranched alkanes of at least 4 members (excludes halogenated alkanes) is 3. The molecular weight excluding hydrogens is 495 g/mol. The van der Waals surface area contributed by atoms with E-state index in [4.69, 9.17) is 32.6 Å². The molecule has 4 rings (SSSR count). The third-order valence-electron chi connectivity index (χ3n) is 6.28. The van der Waals surface area contributed by atoms with Gasteiger partial charge in [-0.15, -0.1) is 23.2 Å². The van der Waals surface area contributed by atoms with Gasteiger partial charge in [-0.05, 0) is 48.9 Å². The quantitative estimate of drug-likeness (QED) is 0.152. The summed E-state index contributed by atoms with van der Waals surface area (Å²) in [5, 5.41) is 10.3. The highest BCUT2D eigenvalue weighted by Gasteiger charge is 2.19. The maximum atomic E-state index is 12.5. The number of carbonyl (C=O) groups excluding carboxylic acids is 1. The Balaban J connectivity index is 1.48. The summed E-state index contributed by atoms with van der Waals surface area (Å²) in [5.74, 6) is 0.843. The van der Waals surface area contributed by atoms with Gasteiger partial charge >= 0.3 is 0 Å². The zero-order valence-electron chi connectivity index (χ0n) is 20.9. The Morgan fingerprint density at radius 1 is 1.11 bits per heavy atom. The van der Waals surface area contributed by atoms with Crippen LogP contribution in [0.1, 0.15) is 69.4 Å². The molecule has 0 bridgehead atoms. The number of alkyl halides is 2. The zero-order valence-corrected chi connectivity index (χ0v) is 22.4. The van der Waals surface area contributed by atoms with Crippen LogP contribution in [-0.4, -0.2) is 25.9 Å². The first-order valence-corrected chi connectivity index (χ1v) is 13.3. The summed E-state index contributed by atoms with van der Waals surface area (Å²) in [6, 6.07) is 11.9. The maximum Gasteiger partial charge on any atom is 0.231 e. The van der Waals surface area contributed by atoms with E-state index in [0.717, 1.165) is 76.8 Å². The number of H-pyrrole nitrogens is 1. The van der Waals surface area contributed by atoms with Crippen molar-refractivity contribution >= 4 is 45.9 Å². The first kappa shape index (κ1) is 26.2. The molecular formula is C28H32Cl2N4O2. The second-order valence-electron chi connectivity index (χ2n) is 9.45. The summed E-state index contributed by atoms with van der Waals surface area (Å²) < 4.78 is 6.27. The molecule has 0 aliphatic rings. The topological polar surface area (TPSA) is 83.8 Å². The van der Waals surface area contributed by atoms with Crippen LogP contribution in [0.25, 0.3) is 33.8 Å². The van der Waals surface area contributed by atoms with Gasteiger partial charge in [-0.2, -0.15) is 5.10 Å². The van der Waals surface area contributed by atoms with Crippen LogP contribution in [0.15, 0.2) is 47.0 Å². The van der Waals surface area contributed by atoms with Crippen molar-refractivity contribution in [1.29, 1.82) is 0 Å². The SMILES string of the molecule is Cc1ccc(C(C)C)c2oc(-c3cn[nH]c3-c3cccc(NC(=O)CCCCCCC(Cl)Cl)c3)nc12. The summed E-state index contributed by atoms with van der Waals surface area (Å²) in [6.07, 6.45) is 6.81. The van der Waals surface area contributed by atoms with Gasteiger partial charge in [0.25, 0.3) is 0 Å². The molecule has 0 atom stereocenters. The number of amides is 1. The number of fused-ring (bicyclic) bond motifs is 1. The second-order valence-corrected chi connectivity index (χ2v) is 10.7. The van der Waals surface area contributed by atoms with Crippen molar-refractivity contribution in [2.24, 2.45) is 0 Å². The van der Waals surface area contributed by atoms with Gasteiger partial charge in [0.2, 0.25) is 11.8 Å². The molecule has 2 aromatic heterocycles. The number of anilines is 1. The molecule has 2 aromatic carbocycles. The van der Waals surface area contributed by atoms with Crippen molar-refractivity contribution in [3.8, 4) is 22.7 Å². The predicted octanol–water partition coefficient (Wildman–Crippen LogP) is 8.40. The Morgan fingerprint density at radius 2 is 1.92 bits per heavy atom. The molecule has 0 spiro atoms. The van der Waals surface area contributed by atoms with Crippen LogP contribution in [-0.2, 0) is 4.79 Å². The number of hydrogen-bond donors (Lipinski definition) is 2. The third kappa shape index (κ3) is 6.29. The van der Waals surface area contributed by atoms with Crippen LogP contribution < -0.4 is 5.32 Å². The highest BCUT2D eigenvalue weighted by Crippen LogP contribution is 2.36. The lowest BCUT2D eigenvalue weighted by molar-refractivity contribution is -0.116. The number of carbonyl (C=O) groups is 1. The molecule has 0 radical (unpaired) electrons. The molecule has 2 N–H and O–H groups in total. The number of halogens is 2. The molecule has 0 fully saturated rings. The highest BCUT2D eigenvalue weighted by molar-refractivity contribution is 6.44. The standard InChI is InChI=1S/C28H32Cl2N4O2/c1-17(2)21-14-13-18(3)25-27(21)36-28(33-25)22-16-31-34-26(22)19-9-8-10-20(15-19)32-24(35)12-7-5-4-6-11-23(29)30/h8-10,13-17,23H,4-7,11-12H2,1-3H3,(H,31,34)(H,32,35). The number of benzene rings is 2. The maximum absolute atomic E-state index is 12.5. The molecule has 0 aliphatic heterocycles. The molecule has 4 aromatic rings. The molecule has 2 heterocycles. The average Bonchev–Trinajstić information content (AvgIpc) is 3.49. The monoisotopic (exact) mass is 526 g/mol. The van der Waals surface area contributed by atoms with Gasteiger partial charge < -0.3 is 9.73 Å². The van der Waals surface area contributed by atoms with E-state index >= 15 is 0 Å². The van der Waals surface area contributed by atoms with Crippen molar-refractivity contribution in [1.82, 2.24) is 15.2 Å². The number of nitrogens with zero attached hydrogens (tertiary/aromatic N) is 2. The Morgan fingerprint density at radius 3 is 2.69 bits per heavy atom. The Bertz CT molecular complexity index is 1330. The molecule has 0 unspecified atom stereocenters. The first-order chi connectivity index (χ1) is 17.3. The Hall–Kier alpha value is -2.83.